The number of aromatic nitrogens is 1. The smallest absolute Gasteiger partial charge is 0.292 e. The summed E-state index contributed by atoms with van der Waals surface area (Å²) in [6, 6.07) is 10.3. The highest BCUT2D eigenvalue weighted by Crippen LogP contribution is 2.11. The van der Waals surface area contributed by atoms with Crippen LogP contribution in [0.3, 0.4) is 0 Å². The van der Waals surface area contributed by atoms with Gasteiger partial charge in [0.1, 0.15) is 0 Å². The van der Waals surface area contributed by atoms with E-state index in [2.05, 4.69) is 10.3 Å². The minimum atomic E-state index is -0.606. The van der Waals surface area contributed by atoms with Crippen LogP contribution in [0.15, 0.2) is 48.8 Å². The zero-order valence-electron chi connectivity index (χ0n) is 11.5. The number of hydrogen-bond acceptors (Lipinski definition) is 3. The molecule has 1 N–H and O–H groups in total. The van der Waals surface area contributed by atoms with Crippen LogP contribution < -0.4 is 5.32 Å². The second-order valence-electron chi connectivity index (χ2n) is 4.68. The monoisotopic (exact) mass is 268 g/mol. The van der Waals surface area contributed by atoms with Crippen molar-refractivity contribution in [3.05, 3.63) is 65.5 Å². The molecule has 4 nitrogen and oxygen atoms in total. The number of pyridine rings is 1. The Hall–Kier alpha value is -2.49. The Bertz CT molecular complexity index is 606. The topological polar surface area (TPSA) is 59.1 Å². The highest BCUT2D eigenvalue weighted by Gasteiger charge is 2.18. The van der Waals surface area contributed by atoms with Gasteiger partial charge in [-0.3, -0.25) is 14.6 Å². The molecule has 0 fully saturated rings. The van der Waals surface area contributed by atoms with Crippen LogP contribution in [-0.2, 0) is 4.79 Å². The number of ketones is 1. The van der Waals surface area contributed by atoms with Crippen molar-refractivity contribution in [3.63, 3.8) is 0 Å². The van der Waals surface area contributed by atoms with Crippen molar-refractivity contribution in [2.24, 2.45) is 0 Å². The number of nitrogens with one attached hydrogen (secondary N) is 1. The summed E-state index contributed by atoms with van der Waals surface area (Å²) in [5, 5.41) is 2.68. The largest absolute Gasteiger partial charge is 0.343 e. The van der Waals surface area contributed by atoms with Gasteiger partial charge >= 0.3 is 0 Å². The third-order valence-corrected chi connectivity index (χ3v) is 3.05. The molecule has 0 radical (unpaired) electrons. The number of rotatable bonds is 4. The third-order valence-electron chi connectivity index (χ3n) is 3.05. The summed E-state index contributed by atoms with van der Waals surface area (Å²) < 4.78 is 0. The Morgan fingerprint density at radius 1 is 1.15 bits per heavy atom. The second-order valence-corrected chi connectivity index (χ2v) is 4.68. The SMILES string of the molecule is Cc1ccc(C(=O)C(=O)NC(C)c2cccnc2)cc1. The van der Waals surface area contributed by atoms with E-state index >= 15 is 0 Å². The van der Waals surface area contributed by atoms with Crippen LogP contribution >= 0.6 is 0 Å². The normalized spacial score (nSPS) is 11.7. The van der Waals surface area contributed by atoms with Crippen molar-refractivity contribution in [1.82, 2.24) is 10.3 Å². The minimum Gasteiger partial charge on any atom is -0.343 e. The molecule has 4 heteroatoms. The molecule has 0 saturated heterocycles. The zero-order chi connectivity index (χ0) is 14.5. The fourth-order valence-electron chi connectivity index (χ4n) is 1.81. The van der Waals surface area contributed by atoms with Gasteiger partial charge in [-0.05, 0) is 25.5 Å². The van der Waals surface area contributed by atoms with E-state index in [0.29, 0.717) is 5.56 Å². The summed E-state index contributed by atoms with van der Waals surface area (Å²) in [6.45, 7) is 3.75. The predicted molar refractivity (Wildman–Crippen MR) is 76.3 cm³/mol. The molecule has 1 atom stereocenters. The number of nitrogens with zero attached hydrogens (tertiary/aromatic N) is 1. The van der Waals surface area contributed by atoms with Gasteiger partial charge in [0.05, 0.1) is 6.04 Å². The van der Waals surface area contributed by atoms with Crippen molar-refractivity contribution in [3.8, 4) is 0 Å². The molecule has 102 valence electrons. The predicted octanol–water partition coefficient (Wildman–Crippen LogP) is 2.45. The van der Waals surface area contributed by atoms with Gasteiger partial charge in [0.15, 0.2) is 0 Å². The number of Topliss-reactive ketones (excluding diaryl/α,β-unsaturated/α-hetero) is 1. The number of amides is 1. The van der Waals surface area contributed by atoms with Crippen LogP contribution in [0, 0.1) is 6.92 Å². The summed E-state index contributed by atoms with van der Waals surface area (Å²) >= 11 is 0. The summed E-state index contributed by atoms with van der Waals surface area (Å²) in [6.07, 6.45) is 3.33. The lowest BCUT2D eigenvalue weighted by Gasteiger charge is -2.13. The number of aryl methyl sites for hydroxylation is 1. The maximum absolute atomic E-state index is 12.0. The van der Waals surface area contributed by atoms with E-state index in [9.17, 15) is 9.59 Å². The highest BCUT2D eigenvalue weighted by molar-refractivity contribution is 6.42. The molecule has 0 bridgehead atoms. The third kappa shape index (κ3) is 3.29. The van der Waals surface area contributed by atoms with E-state index in [0.717, 1.165) is 11.1 Å². The average Bonchev–Trinajstić information content (AvgIpc) is 2.48. The van der Waals surface area contributed by atoms with Crippen molar-refractivity contribution >= 4 is 11.7 Å². The highest BCUT2D eigenvalue weighted by atomic mass is 16.2. The van der Waals surface area contributed by atoms with Crippen molar-refractivity contribution < 1.29 is 9.59 Å². The first kappa shape index (κ1) is 13.9. The molecule has 1 amide bonds. The minimum absolute atomic E-state index is 0.259. The van der Waals surface area contributed by atoms with Gasteiger partial charge in [-0.1, -0.05) is 35.9 Å². The Morgan fingerprint density at radius 3 is 2.45 bits per heavy atom. The van der Waals surface area contributed by atoms with E-state index in [1.54, 1.807) is 30.6 Å². The number of hydrogen-bond donors (Lipinski definition) is 1. The first-order valence-electron chi connectivity index (χ1n) is 6.39. The van der Waals surface area contributed by atoms with Gasteiger partial charge in [0.25, 0.3) is 5.91 Å². The molecular formula is C16H16N2O2. The lowest BCUT2D eigenvalue weighted by molar-refractivity contribution is -0.117. The maximum atomic E-state index is 12.0. The fourth-order valence-corrected chi connectivity index (χ4v) is 1.81. The van der Waals surface area contributed by atoms with Gasteiger partial charge in [-0.15, -0.1) is 0 Å². The van der Waals surface area contributed by atoms with Crippen molar-refractivity contribution in [1.29, 1.82) is 0 Å². The molecule has 0 aliphatic rings. The first-order valence-corrected chi connectivity index (χ1v) is 6.39. The van der Waals surface area contributed by atoms with Gasteiger partial charge in [0.2, 0.25) is 5.78 Å². The van der Waals surface area contributed by atoms with Crippen molar-refractivity contribution in [2.75, 3.05) is 0 Å². The molecule has 2 aromatic rings. The molecular weight excluding hydrogens is 252 g/mol. The number of carbonyl (C=O) groups excluding carboxylic acids is 2. The first-order chi connectivity index (χ1) is 9.58. The molecule has 0 saturated carbocycles. The summed E-state index contributed by atoms with van der Waals surface area (Å²) in [5.41, 5.74) is 2.30. The zero-order valence-corrected chi connectivity index (χ0v) is 11.5. The molecule has 1 aromatic carbocycles. The van der Waals surface area contributed by atoms with Crippen molar-refractivity contribution in [2.45, 2.75) is 19.9 Å². The number of carbonyl (C=O) groups is 2. The van der Waals surface area contributed by atoms with Crippen LogP contribution in [0.2, 0.25) is 0 Å². The van der Waals surface area contributed by atoms with Crippen LogP contribution in [0.5, 0.6) is 0 Å². The average molecular weight is 268 g/mol. The fraction of sp³-hybridized carbons (Fsp3) is 0.188. The molecule has 0 aliphatic heterocycles. The van der Waals surface area contributed by atoms with Gasteiger partial charge in [0, 0.05) is 18.0 Å². The standard InChI is InChI=1S/C16H16N2O2/c1-11-5-7-13(8-6-11)15(19)16(20)18-12(2)14-4-3-9-17-10-14/h3-10,12H,1-2H3,(H,18,20). The van der Waals surface area contributed by atoms with E-state index in [4.69, 9.17) is 0 Å². The van der Waals surface area contributed by atoms with Crippen LogP contribution in [-0.4, -0.2) is 16.7 Å². The Morgan fingerprint density at radius 2 is 1.85 bits per heavy atom. The number of benzene rings is 1. The van der Waals surface area contributed by atoms with E-state index in [-0.39, 0.29) is 6.04 Å². The molecule has 20 heavy (non-hydrogen) atoms. The molecule has 0 aliphatic carbocycles. The summed E-state index contributed by atoms with van der Waals surface area (Å²) in [7, 11) is 0. The Labute approximate surface area is 117 Å². The van der Waals surface area contributed by atoms with Crippen LogP contribution in [0.1, 0.15) is 34.5 Å². The molecule has 2 rings (SSSR count). The van der Waals surface area contributed by atoms with E-state index in [1.165, 1.54) is 0 Å². The van der Waals surface area contributed by atoms with Gasteiger partial charge in [-0.25, -0.2) is 0 Å². The molecule has 0 spiro atoms. The quantitative estimate of drug-likeness (QED) is 0.684. The van der Waals surface area contributed by atoms with Gasteiger partial charge < -0.3 is 5.32 Å². The lowest BCUT2D eigenvalue weighted by atomic mass is 10.1. The van der Waals surface area contributed by atoms with Crippen LogP contribution in [0.4, 0.5) is 0 Å². The summed E-state index contributed by atoms with van der Waals surface area (Å²) in [5.74, 6) is -1.13. The Kier molecular flexibility index (Phi) is 4.25. The van der Waals surface area contributed by atoms with Crippen LogP contribution in [0.25, 0.3) is 0 Å². The Balaban J connectivity index is 2.05. The molecule has 1 aromatic heterocycles. The maximum Gasteiger partial charge on any atom is 0.292 e. The molecule has 1 heterocycles. The molecule has 1 unspecified atom stereocenters. The van der Waals surface area contributed by atoms with E-state index < -0.39 is 11.7 Å². The van der Waals surface area contributed by atoms with E-state index in [1.807, 2.05) is 32.0 Å². The van der Waals surface area contributed by atoms with Gasteiger partial charge in [-0.2, -0.15) is 0 Å². The lowest BCUT2D eigenvalue weighted by Crippen LogP contribution is -2.33. The second kappa shape index (κ2) is 6.10. The summed E-state index contributed by atoms with van der Waals surface area (Å²) in [4.78, 5) is 27.9.